The Morgan fingerprint density at radius 3 is 2.16 bits per heavy atom. The van der Waals surface area contributed by atoms with Crippen molar-refractivity contribution in [2.75, 3.05) is 6.61 Å². The number of rotatable bonds is 13. The molecule has 0 saturated heterocycles. The monoisotopic (exact) mass is 346 g/mol. The maximum absolute atomic E-state index is 12.1. The van der Waals surface area contributed by atoms with Crippen LogP contribution in [-0.4, -0.2) is 18.4 Å². The first-order valence-corrected chi connectivity index (χ1v) is 9.77. The molecule has 0 aliphatic carbocycles. The van der Waals surface area contributed by atoms with Crippen LogP contribution in [0.15, 0.2) is 30.3 Å². The molecule has 0 saturated carbocycles. The lowest BCUT2D eigenvalue weighted by Gasteiger charge is -2.21. The van der Waals surface area contributed by atoms with Gasteiger partial charge in [-0.2, -0.15) is 0 Å². The number of hydrogen-bond acceptors (Lipinski definition) is 3. The Morgan fingerprint density at radius 1 is 0.960 bits per heavy atom. The van der Waals surface area contributed by atoms with E-state index in [1.807, 2.05) is 37.3 Å². The summed E-state index contributed by atoms with van der Waals surface area (Å²) in [7, 11) is 0. The molecule has 3 heteroatoms. The molecule has 2 atom stereocenters. The van der Waals surface area contributed by atoms with Crippen molar-refractivity contribution in [3.63, 3.8) is 0 Å². The number of ketones is 1. The standard InChI is InChI=1S/C22H34O3/c1-4-5-6-7-8-9-13-16-25-22(24)17-21(19(3)23)18(2)20-14-11-10-12-15-20/h10-12,14-15,18,21H,4-9,13,16-17H2,1-3H3. The summed E-state index contributed by atoms with van der Waals surface area (Å²) in [6.45, 7) is 6.25. The average Bonchev–Trinajstić information content (AvgIpc) is 2.62. The molecule has 2 unspecified atom stereocenters. The van der Waals surface area contributed by atoms with Crippen molar-refractivity contribution < 1.29 is 14.3 Å². The third kappa shape index (κ3) is 8.85. The number of benzene rings is 1. The van der Waals surface area contributed by atoms with Gasteiger partial charge < -0.3 is 4.74 Å². The second-order valence-corrected chi connectivity index (χ2v) is 6.96. The average molecular weight is 347 g/mol. The summed E-state index contributed by atoms with van der Waals surface area (Å²) < 4.78 is 5.35. The lowest BCUT2D eigenvalue weighted by Crippen LogP contribution is -2.23. The highest BCUT2D eigenvalue weighted by atomic mass is 16.5. The minimum Gasteiger partial charge on any atom is -0.466 e. The quantitative estimate of drug-likeness (QED) is 0.341. The van der Waals surface area contributed by atoms with Crippen LogP contribution < -0.4 is 0 Å². The summed E-state index contributed by atoms with van der Waals surface area (Å²) in [5.41, 5.74) is 1.09. The van der Waals surface area contributed by atoms with E-state index in [2.05, 4.69) is 6.92 Å². The van der Waals surface area contributed by atoms with Crippen molar-refractivity contribution in [1.29, 1.82) is 0 Å². The highest BCUT2D eigenvalue weighted by molar-refractivity contribution is 5.84. The highest BCUT2D eigenvalue weighted by Gasteiger charge is 2.26. The molecule has 0 aliphatic rings. The van der Waals surface area contributed by atoms with E-state index in [9.17, 15) is 9.59 Å². The van der Waals surface area contributed by atoms with Crippen molar-refractivity contribution in [3.8, 4) is 0 Å². The van der Waals surface area contributed by atoms with Gasteiger partial charge in [-0.1, -0.05) is 82.7 Å². The minimum absolute atomic E-state index is 0.0183. The van der Waals surface area contributed by atoms with Gasteiger partial charge in [0.25, 0.3) is 0 Å². The first kappa shape index (κ1) is 21.4. The van der Waals surface area contributed by atoms with E-state index in [-0.39, 0.29) is 30.0 Å². The zero-order valence-electron chi connectivity index (χ0n) is 16.1. The molecule has 0 amide bonds. The minimum atomic E-state index is -0.316. The summed E-state index contributed by atoms with van der Waals surface area (Å²) in [5, 5.41) is 0. The lowest BCUT2D eigenvalue weighted by atomic mass is 9.83. The second-order valence-electron chi connectivity index (χ2n) is 6.96. The van der Waals surface area contributed by atoms with Crippen LogP contribution in [0.25, 0.3) is 0 Å². The highest BCUT2D eigenvalue weighted by Crippen LogP contribution is 2.28. The van der Waals surface area contributed by atoms with Crippen molar-refractivity contribution in [1.82, 2.24) is 0 Å². The molecular weight excluding hydrogens is 312 g/mol. The summed E-state index contributed by atoms with van der Waals surface area (Å²) >= 11 is 0. The number of carbonyl (C=O) groups excluding carboxylic acids is 2. The smallest absolute Gasteiger partial charge is 0.306 e. The lowest BCUT2D eigenvalue weighted by molar-refractivity contribution is -0.146. The van der Waals surface area contributed by atoms with Crippen LogP contribution >= 0.6 is 0 Å². The van der Waals surface area contributed by atoms with Crippen molar-refractivity contribution in [3.05, 3.63) is 35.9 Å². The van der Waals surface area contributed by atoms with Crippen LogP contribution in [0.1, 0.15) is 83.6 Å². The van der Waals surface area contributed by atoms with E-state index in [0.717, 1.165) is 18.4 Å². The molecule has 25 heavy (non-hydrogen) atoms. The molecule has 1 aromatic rings. The Labute approximate surface area is 153 Å². The molecule has 0 spiro atoms. The molecule has 0 N–H and O–H groups in total. The van der Waals surface area contributed by atoms with Crippen LogP contribution in [0.2, 0.25) is 0 Å². The molecule has 0 fully saturated rings. The van der Waals surface area contributed by atoms with Crippen molar-refractivity contribution >= 4 is 11.8 Å². The zero-order valence-corrected chi connectivity index (χ0v) is 16.1. The van der Waals surface area contributed by atoms with E-state index in [0.29, 0.717) is 6.61 Å². The van der Waals surface area contributed by atoms with Crippen LogP contribution in [0.3, 0.4) is 0 Å². The summed E-state index contributed by atoms with van der Waals surface area (Å²) in [4.78, 5) is 24.1. The van der Waals surface area contributed by atoms with Crippen LogP contribution in [-0.2, 0) is 14.3 Å². The van der Waals surface area contributed by atoms with Gasteiger partial charge in [-0.3, -0.25) is 9.59 Å². The van der Waals surface area contributed by atoms with Crippen LogP contribution in [0.4, 0.5) is 0 Å². The van der Waals surface area contributed by atoms with Gasteiger partial charge in [-0.05, 0) is 24.8 Å². The molecule has 0 heterocycles. The fraction of sp³-hybridized carbons (Fsp3) is 0.636. The first-order chi connectivity index (χ1) is 12.1. The Balaban J connectivity index is 2.31. The summed E-state index contributed by atoms with van der Waals surface area (Å²) in [6, 6.07) is 9.88. The predicted molar refractivity (Wildman–Crippen MR) is 103 cm³/mol. The number of carbonyl (C=O) groups is 2. The fourth-order valence-corrected chi connectivity index (χ4v) is 3.15. The molecule has 3 nitrogen and oxygen atoms in total. The molecule has 0 radical (unpaired) electrons. The Bertz CT molecular complexity index is 495. The number of ether oxygens (including phenoxy) is 1. The molecule has 1 rings (SSSR count). The van der Waals surface area contributed by atoms with Crippen LogP contribution in [0, 0.1) is 5.92 Å². The van der Waals surface area contributed by atoms with E-state index in [4.69, 9.17) is 4.74 Å². The van der Waals surface area contributed by atoms with Crippen LogP contribution in [0.5, 0.6) is 0 Å². The fourth-order valence-electron chi connectivity index (χ4n) is 3.15. The van der Waals surface area contributed by atoms with E-state index >= 15 is 0 Å². The largest absolute Gasteiger partial charge is 0.466 e. The van der Waals surface area contributed by atoms with Gasteiger partial charge in [0.2, 0.25) is 0 Å². The third-order valence-electron chi connectivity index (χ3n) is 4.85. The van der Waals surface area contributed by atoms with E-state index < -0.39 is 0 Å². The summed E-state index contributed by atoms with van der Waals surface area (Å²) in [6.07, 6.45) is 8.53. The molecule has 140 valence electrons. The predicted octanol–water partition coefficient (Wildman–Crippen LogP) is 5.68. The number of esters is 1. The van der Waals surface area contributed by atoms with Crippen molar-refractivity contribution in [2.45, 2.75) is 78.1 Å². The van der Waals surface area contributed by atoms with E-state index in [1.165, 1.54) is 32.1 Å². The maximum atomic E-state index is 12.1. The van der Waals surface area contributed by atoms with Gasteiger partial charge in [0, 0.05) is 5.92 Å². The van der Waals surface area contributed by atoms with Crippen molar-refractivity contribution in [2.24, 2.45) is 5.92 Å². The number of unbranched alkanes of at least 4 members (excludes halogenated alkanes) is 6. The van der Waals surface area contributed by atoms with Gasteiger partial charge in [0.15, 0.2) is 0 Å². The van der Waals surface area contributed by atoms with Gasteiger partial charge >= 0.3 is 5.97 Å². The molecule has 0 bridgehead atoms. The molecule has 0 aromatic heterocycles. The molecule has 0 aliphatic heterocycles. The first-order valence-electron chi connectivity index (χ1n) is 9.77. The number of hydrogen-bond donors (Lipinski definition) is 0. The summed E-state index contributed by atoms with van der Waals surface area (Å²) in [5.74, 6) is -0.507. The number of Topliss-reactive ketones (excluding diaryl/α,β-unsaturated/α-hetero) is 1. The molecular formula is C22H34O3. The van der Waals surface area contributed by atoms with Gasteiger partial charge in [0.1, 0.15) is 5.78 Å². The maximum Gasteiger partial charge on any atom is 0.306 e. The van der Waals surface area contributed by atoms with E-state index in [1.54, 1.807) is 6.92 Å². The Kier molecular flexibility index (Phi) is 10.9. The second kappa shape index (κ2) is 12.7. The SMILES string of the molecule is CCCCCCCCCOC(=O)CC(C(C)=O)C(C)c1ccccc1. The Morgan fingerprint density at radius 2 is 1.56 bits per heavy atom. The zero-order chi connectivity index (χ0) is 18.5. The topological polar surface area (TPSA) is 43.4 Å². The normalized spacial score (nSPS) is 13.2. The third-order valence-corrected chi connectivity index (χ3v) is 4.85. The van der Waals surface area contributed by atoms with Gasteiger partial charge in [-0.25, -0.2) is 0 Å². The van der Waals surface area contributed by atoms with Gasteiger partial charge in [-0.15, -0.1) is 0 Å². The van der Waals surface area contributed by atoms with Gasteiger partial charge in [0.05, 0.1) is 13.0 Å². The molecule has 1 aromatic carbocycles. The Hall–Kier alpha value is -1.64.